The van der Waals surface area contributed by atoms with Crippen molar-refractivity contribution in [2.24, 2.45) is 4.99 Å². The van der Waals surface area contributed by atoms with Gasteiger partial charge in [-0.25, -0.2) is 14.6 Å². The summed E-state index contributed by atoms with van der Waals surface area (Å²) in [4.78, 5) is 14.3. The third-order valence-electron chi connectivity index (χ3n) is 3.33. The van der Waals surface area contributed by atoms with Crippen molar-refractivity contribution >= 4 is 17.3 Å². The molecule has 0 aliphatic carbocycles. The summed E-state index contributed by atoms with van der Waals surface area (Å²) in [6, 6.07) is 12.1. The number of anilines is 1. The molecule has 3 aromatic rings. The maximum Gasteiger partial charge on any atom is 0.242 e. The minimum Gasteiger partial charge on any atom is -0.259 e. The largest absolute Gasteiger partial charge is 0.259 e. The highest BCUT2D eigenvalue weighted by atomic mass is 32.1. The molecular weight excluding hydrogens is 318 g/mol. The van der Waals surface area contributed by atoms with Crippen LogP contribution in [0.3, 0.4) is 0 Å². The molecule has 2 aromatic heterocycles. The third-order valence-corrected chi connectivity index (χ3v) is 4.19. The zero-order valence-electron chi connectivity index (χ0n) is 13.7. The molecule has 0 spiro atoms. The van der Waals surface area contributed by atoms with E-state index in [1.807, 2.05) is 42.8 Å². The van der Waals surface area contributed by atoms with Crippen molar-refractivity contribution in [3.05, 3.63) is 70.6 Å². The fraction of sp³-hybridized carbons (Fsp3) is 0.167. The molecule has 0 radical (unpaired) electrons. The Bertz CT molecular complexity index is 888. The molecule has 1 N–H and O–H groups in total. The van der Waals surface area contributed by atoms with Crippen LogP contribution in [0.4, 0.5) is 5.95 Å². The van der Waals surface area contributed by atoms with Gasteiger partial charge < -0.3 is 0 Å². The molecule has 6 heteroatoms. The monoisotopic (exact) mass is 337 g/mol. The van der Waals surface area contributed by atoms with E-state index in [1.54, 1.807) is 17.4 Å². The van der Waals surface area contributed by atoms with Crippen molar-refractivity contribution in [1.82, 2.24) is 14.6 Å². The fourth-order valence-electron chi connectivity index (χ4n) is 2.36. The van der Waals surface area contributed by atoms with Gasteiger partial charge in [0.05, 0.1) is 12.2 Å². The Hall–Kier alpha value is -2.73. The van der Waals surface area contributed by atoms with Gasteiger partial charge in [-0.15, -0.1) is 17.9 Å². The van der Waals surface area contributed by atoms with Gasteiger partial charge >= 0.3 is 0 Å². The van der Waals surface area contributed by atoms with E-state index < -0.39 is 0 Å². The Labute approximate surface area is 145 Å². The van der Waals surface area contributed by atoms with E-state index >= 15 is 0 Å². The van der Waals surface area contributed by atoms with Gasteiger partial charge in [-0.3, -0.25) is 10.4 Å². The van der Waals surface area contributed by atoms with Crippen LogP contribution in [0, 0.1) is 13.8 Å². The highest BCUT2D eigenvalue weighted by Gasteiger charge is 2.09. The molecule has 3 rings (SSSR count). The van der Waals surface area contributed by atoms with Crippen molar-refractivity contribution in [3.63, 3.8) is 0 Å². The third kappa shape index (κ3) is 3.60. The van der Waals surface area contributed by atoms with Gasteiger partial charge in [-0.05, 0) is 19.9 Å². The predicted octanol–water partition coefficient (Wildman–Crippen LogP) is 3.59. The van der Waals surface area contributed by atoms with Crippen molar-refractivity contribution in [2.75, 3.05) is 12.0 Å². The SMILES string of the molecule is C=CCN=c1scc(-c2ccccc2)n1Nc1nc(C)cc(C)n1. The molecule has 0 aliphatic rings. The number of thiazole rings is 1. The van der Waals surface area contributed by atoms with Gasteiger partial charge in [-0.1, -0.05) is 36.4 Å². The van der Waals surface area contributed by atoms with Crippen LogP contribution in [0.15, 0.2) is 59.4 Å². The smallest absolute Gasteiger partial charge is 0.242 e. The number of hydrogen-bond donors (Lipinski definition) is 1. The number of rotatable bonds is 5. The van der Waals surface area contributed by atoms with E-state index in [0.717, 1.165) is 27.4 Å². The Morgan fingerprint density at radius 3 is 2.58 bits per heavy atom. The van der Waals surface area contributed by atoms with Gasteiger partial charge in [0.25, 0.3) is 0 Å². The molecule has 0 fully saturated rings. The Balaban J connectivity index is 2.09. The zero-order valence-corrected chi connectivity index (χ0v) is 14.5. The van der Waals surface area contributed by atoms with Crippen LogP contribution in [-0.4, -0.2) is 21.2 Å². The summed E-state index contributed by atoms with van der Waals surface area (Å²) in [5, 5.41) is 2.08. The molecule has 5 nitrogen and oxygen atoms in total. The molecule has 0 unspecified atom stereocenters. The molecule has 0 bridgehead atoms. The van der Waals surface area contributed by atoms with E-state index in [4.69, 9.17) is 0 Å². The van der Waals surface area contributed by atoms with E-state index in [0.29, 0.717) is 12.5 Å². The number of aromatic nitrogens is 3. The lowest BCUT2D eigenvalue weighted by atomic mass is 10.2. The first-order valence-electron chi connectivity index (χ1n) is 7.64. The normalized spacial score (nSPS) is 11.5. The standard InChI is InChI=1S/C18H19N5S/c1-4-10-19-18-23(22-17-20-13(2)11-14(3)21-17)16(12-24-18)15-8-6-5-7-9-15/h4-9,11-12H,1,10H2,2-3H3,(H,20,21,22). The number of nitrogens with one attached hydrogen (secondary N) is 1. The van der Waals surface area contributed by atoms with E-state index in [-0.39, 0.29) is 0 Å². The molecule has 122 valence electrons. The molecule has 0 saturated carbocycles. The average molecular weight is 337 g/mol. The maximum atomic E-state index is 4.56. The quantitative estimate of drug-likeness (QED) is 0.724. The van der Waals surface area contributed by atoms with Gasteiger partial charge in [-0.2, -0.15) is 0 Å². The highest BCUT2D eigenvalue weighted by Crippen LogP contribution is 2.19. The van der Waals surface area contributed by atoms with Gasteiger partial charge in [0, 0.05) is 22.3 Å². The lowest BCUT2D eigenvalue weighted by Crippen LogP contribution is -2.25. The number of benzene rings is 1. The van der Waals surface area contributed by atoms with Crippen LogP contribution in [-0.2, 0) is 0 Å². The average Bonchev–Trinajstić information content (AvgIpc) is 2.95. The first kappa shape index (κ1) is 16.1. The van der Waals surface area contributed by atoms with E-state index in [9.17, 15) is 0 Å². The summed E-state index contributed by atoms with van der Waals surface area (Å²) in [6.45, 7) is 8.21. The first-order valence-corrected chi connectivity index (χ1v) is 8.52. The molecule has 0 saturated heterocycles. The van der Waals surface area contributed by atoms with Crippen molar-refractivity contribution < 1.29 is 0 Å². The fourth-order valence-corrected chi connectivity index (χ4v) is 3.21. The molecule has 0 atom stereocenters. The second kappa shape index (κ2) is 7.23. The van der Waals surface area contributed by atoms with Crippen LogP contribution in [0.2, 0.25) is 0 Å². The molecule has 0 amide bonds. The van der Waals surface area contributed by atoms with E-state index in [1.165, 1.54) is 0 Å². The van der Waals surface area contributed by atoms with Crippen molar-refractivity contribution in [2.45, 2.75) is 13.8 Å². The Morgan fingerprint density at radius 2 is 1.92 bits per heavy atom. The lowest BCUT2D eigenvalue weighted by molar-refractivity contribution is 0.866. The van der Waals surface area contributed by atoms with Crippen LogP contribution < -0.4 is 10.2 Å². The van der Waals surface area contributed by atoms with Gasteiger partial charge in [0.2, 0.25) is 10.7 Å². The summed E-state index contributed by atoms with van der Waals surface area (Å²) >= 11 is 1.57. The number of nitrogens with zero attached hydrogens (tertiary/aromatic N) is 4. The second-order valence-electron chi connectivity index (χ2n) is 5.32. The Morgan fingerprint density at radius 1 is 1.21 bits per heavy atom. The minimum absolute atomic E-state index is 0.558. The summed E-state index contributed by atoms with van der Waals surface area (Å²) in [5.41, 5.74) is 7.25. The lowest BCUT2D eigenvalue weighted by Gasteiger charge is -2.11. The van der Waals surface area contributed by atoms with Crippen LogP contribution in [0.5, 0.6) is 0 Å². The van der Waals surface area contributed by atoms with Gasteiger partial charge in [0.15, 0.2) is 0 Å². The van der Waals surface area contributed by atoms with Gasteiger partial charge in [0.1, 0.15) is 0 Å². The molecule has 2 heterocycles. The molecule has 24 heavy (non-hydrogen) atoms. The summed E-state index contributed by atoms with van der Waals surface area (Å²) < 4.78 is 1.93. The first-order chi connectivity index (χ1) is 11.7. The Kier molecular flexibility index (Phi) is 4.86. The second-order valence-corrected chi connectivity index (χ2v) is 6.16. The van der Waals surface area contributed by atoms with Crippen LogP contribution >= 0.6 is 11.3 Å². The minimum atomic E-state index is 0.558. The number of hydrogen-bond acceptors (Lipinski definition) is 5. The zero-order chi connectivity index (χ0) is 16.9. The van der Waals surface area contributed by atoms with Crippen LogP contribution in [0.25, 0.3) is 11.3 Å². The number of aryl methyl sites for hydroxylation is 2. The highest BCUT2D eigenvalue weighted by molar-refractivity contribution is 7.07. The topological polar surface area (TPSA) is 55.1 Å². The summed E-state index contributed by atoms with van der Waals surface area (Å²) in [7, 11) is 0. The molecule has 1 aromatic carbocycles. The van der Waals surface area contributed by atoms with Crippen molar-refractivity contribution in [1.29, 1.82) is 0 Å². The summed E-state index contributed by atoms with van der Waals surface area (Å²) in [6.07, 6.45) is 1.78. The summed E-state index contributed by atoms with van der Waals surface area (Å²) in [5.74, 6) is 0.558. The molecule has 0 aliphatic heterocycles. The van der Waals surface area contributed by atoms with Crippen LogP contribution in [0.1, 0.15) is 11.4 Å². The predicted molar refractivity (Wildman–Crippen MR) is 98.9 cm³/mol. The molecular formula is C18H19N5S. The van der Waals surface area contributed by atoms with Crippen molar-refractivity contribution in [3.8, 4) is 11.3 Å². The van der Waals surface area contributed by atoms with E-state index in [2.05, 4.69) is 44.5 Å². The maximum absolute atomic E-state index is 4.56.